The van der Waals surface area contributed by atoms with Gasteiger partial charge in [0.25, 0.3) is 5.56 Å². The molecule has 0 saturated carbocycles. The number of ether oxygens (including phenoxy) is 2. The molecule has 0 radical (unpaired) electrons. The van der Waals surface area contributed by atoms with Crippen molar-refractivity contribution in [1.29, 1.82) is 0 Å². The highest BCUT2D eigenvalue weighted by Gasteiger charge is 2.14. The standard InChI is InChI=1S/C24H26N4O4S2/c1-3-31-13-7-12-28-22(30)17-8-5-6-9-18(17)26-24(28)33-15-21(29)27-23-25-19-11-10-16(32-4-2)14-20(19)34-23/h5-6,8-11,14H,3-4,7,12-13,15H2,1-2H3,(H,25,27,29). The number of nitrogens with zero attached hydrogens (tertiary/aromatic N) is 3. The molecular formula is C24H26N4O4S2. The van der Waals surface area contributed by atoms with Crippen molar-refractivity contribution in [2.24, 2.45) is 0 Å². The topological polar surface area (TPSA) is 95.3 Å². The summed E-state index contributed by atoms with van der Waals surface area (Å²) in [4.78, 5) is 34.9. The molecule has 8 nitrogen and oxygen atoms in total. The number of thiazole rings is 1. The third-order valence-electron chi connectivity index (χ3n) is 4.95. The van der Waals surface area contributed by atoms with E-state index in [9.17, 15) is 9.59 Å². The van der Waals surface area contributed by atoms with Crippen molar-refractivity contribution in [3.8, 4) is 5.75 Å². The summed E-state index contributed by atoms with van der Waals surface area (Å²) in [6, 6.07) is 12.9. The maximum atomic E-state index is 13.1. The normalized spacial score (nSPS) is 11.2. The van der Waals surface area contributed by atoms with E-state index in [1.165, 1.54) is 23.1 Å². The number of thioether (sulfide) groups is 1. The van der Waals surface area contributed by atoms with Crippen LogP contribution >= 0.6 is 23.1 Å². The van der Waals surface area contributed by atoms with Crippen LogP contribution in [0, 0.1) is 0 Å². The predicted molar refractivity (Wildman–Crippen MR) is 137 cm³/mol. The SMILES string of the molecule is CCOCCCn1c(SCC(=O)Nc2nc3ccc(OCC)cc3s2)nc2ccccc2c1=O. The van der Waals surface area contributed by atoms with E-state index in [0.29, 0.717) is 54.0 Å². The molecule has 34 heavy (non-hydrogen) atoms. The van der Waals surface area contributed by atoms with Crippen LogP contribution in [-0.2, 0) is 16.1 Å². The number of benzene rings is 2. The lowest BCUT2D eigenvalue weighted by Crippen LogP contribution is -2.25. The van der Waals surface area contributed by atoms with Crippen LogP contribution < -0.4 is 15.6 Å². The first kappa shape index (κ1) is 24.2. The molecule has 0 bridgehead atoms. The van der Waals surface area contributed by atoms with Gasteiger partial charge in [0.2, 0.25) is 5.91 Å². The summed E-state index contributed by atoms with van der Waals surface area (Å²) in [5, 5.41) is 4.46. The van der Waals surface area contributed by atoms with Crippen molar-refractivity contribution in [1.82, 2.24) is 14.5 Å². The minimum Gasteiger partial charge on any atom is -0.494 e. The Labute approximate surface area is 205 Å². The highest BCUT2D eigenvalue weighted by Crippen LogP contribution is 2.29. The Morgan fingerprint density at radius 1 is 1.12 bits per heavy atom. The van der Waals surface area contributed by atoms with Crippen LogP contribution in [0.15, 0.2) is 52.4 Å². The zero-order valence-electron chi connectivity index (χ0n) is 19.1. The minimum absolute atomic E-state index is 0.108. The van der Waals surface area contributed by atoms with E-state index in [4.69, 9.17) is 9.47 Å². The average molecular weight is 499 g/mol. The van der Waals surface area contributed by atoms with Crippen LogP contribution in [0.2, 0.25) is 0 Å². The van der Waals surface area contributed by atoms with E-state index < -0.39 is 0 Å². The van der Waals surface area contributed by atoms with Gasteiger partial charge in [0.15, 0.2) is 10.3 Å². The molecular weight excluding hydrogens is 472 g/mol. The van der Waals surface area contributed by atoms with Crippen LogP contribution in [-0.4, -0.2) is 46.0 Å². The number of amides is 1. The van der Waals surface area contributed by atoms with E-state index in [1.54, 1.807) is 10.6 Å². The van der Waals surface area contributed by atoms with Gasteiger partial charge in [-0.15, -0.1) is 0 Å². The van der Waals surface area contributed by atoms with Crippen molar-refractivity contribution >= 4 is 55.3 Å². The first-order valence-electron chi connectivity index (χ1n) is 11.1. The first-order chi connectivity index (χ1) is 16.6. The van der Waals surface area contributed by atoms with Gasteiger partial charge in [-0.3, -0.25) is 14.2 Å². The van der Waals surface area contributed by atoms with Crippen LogP contribution in [0.5, 0.6) is 5.75 Å². The molecule has 178 valence electrons. The molecule has 1 N–H and O–H groups in total. The Morgan fingerprint density at radius 3 is 2.79 bits per heavy atom. The van der Waals surface area contributed by atoms with E-state index in [0.717, 1.165) is 16.0 Å². The second-order valence-corrected chi connectivity index (χ2v) is 9.31. The number of carbonyl (C=O) groups excluding carboxylic acids is 1. The molecule has 0 spiro atoms. The fourth-order valence-corrected chi connectivity index (χ4v) is 5.16. The molecule has 0 saturated heterocycles. The summed E-state index contributed by atoms with van der Waals surface area (Å²) in [5.41, 5.74) is 1.31. The quantitative estimate of drug-likeness (QED) is 0.184. The lowest BCUT2D eigenvalue weighted by molar-refractivity contribution is -0.113. The summed E-state index contributed by atoms with van der Waals surface area (Å²) in [7, 11) is 0. The monoisotopic (exact) mass is 498 g/mol. The van der Waals surface area contributed by atoms with Crippen LogP contribution in [0.1, 0.15) is 20.3 Å². The van der Waals surface area contributed by atoms with Crippen LogP contribution in [0.4, 0.5) is 5.13 Å². The van der Waals surface area contributed by atoms with Gasteiger partial charge in [0, 0.05) is 19.8 Å². The number of aromatic nitrogens is 3. The van der Waals surface area contributed by atoms with E-state index in [1.807, 2.05) is 50.2 Å². The number of hydrogen-bond donors (Lipinski definition) is 1. The van der Waals surface area contributed by atoms with E-state index in [-0.39, 0.29) is 17.2 Å². The third-order valence-corrected chi connectivity index (χ3v) is 6.86. The third kappa shape index (κ3) is 5.75. The second kappa shape index (κ2) is 11.5. The lowest BCUT2D eigenvalue weighted by atomic mass is 10.2. The maximum Gasteiger partial charge on any atom is 0.262 e. The van der Waals surface area contributed by atoms with Crippen molar-refractivity contribution < 1.29 is 14.3 Å². The average Bonchev–Trinajstić information content (AvgIpc) is 3.23. The number of rotatable bonds is 11. The molecule has 2 aromatic carbocycles. The van der Waals surface area contributed by atoms with Gasteiger partial charge in [0.05, 0.1) is 33.5 Å². The summed E-state index contributed by atoms with van der Waals surface area (Å²) in [6.45, 7) is 6.12. The highest BCUT2D eigenvalue weighted by molar-refractivity contribution is 7.99. The van der Waals surface area contributed by atoms with Crippen LogP contribution in [0.25, 0.3) is 21.1 Å². The van der Waals surface area contributed by atoms with Crippen molar-refractivity contribution in [2.45, 2.75) is 32.0 Å². The Bertz CT molecular complexity index is 1350. The van der Waals surface area contributed by atoms with Crippen LogP contribution in [0.3, 0.4) is 0 Å². The molecule has 0 aliphatic rings. The number of carbonyl (C=O) groups is 1. The molecule has 2 heterocycles. The Balaban J connectivity index is 1.48. The molecule has 0 atom stereocenters. The minimum atomic E-state index is -0.211. The van der Waals surface area contributed by atoms with Gasteiger partial charge in [-0.05, 0) is 50.6 Å². The van der Waals surface area contributed by atoms with Gasteiger partial charge in [-0.1, -0.05) is 35.2 Å². The predicted octanol–water partition coefficient (Wildman–Crippen LogP) is 4.56. The fourth-order valence-electron chi connectivity index (χ4n) is 3.42. The number of hydrogen-bond acceptors (Lipinski definition) is 8. The molecule has 4 rings (SSSR count). The zero-order valence-corrected chi connectivity index (χ0v) is 20.7. The summed E-state index contributed by atoms with van der Waals surface area (Å²) in [5.74, 6) is 0.672. The number of nitrogens with one attached hydrogen (secondary N) is 1. The molecule has 0 aliphatic carbocycles. The van der Waals surface area contributed by atoms with Gasteiger partial charge in [0.1, 0.15) is 5.75 Å². The van der Waals surface area contributed by atoms with Gasteiger partial charge < -0.3 is 14.8 Å². The fraction of sp³-hybridized carbons (Fsp3) is 0.333. The van der Waals surface area contributed by atoms with Crippen molar-refractivity contribution in [2.75, 3.05) is 30.9 Å². The van der Waals surface area contributed by atoms with Gasteiger partial charge >= 0.3 is 0 Å². The molecule has 0 unspecified atom stereocenters. The maximum absolute atomic E-state index is 13.1. The summed E-state index contributed by atoms with van der Waals surface area (Å²) in [6.07, 6.45) is 0.683. The Hall–Kier alpha value is -2.95. The van der Waals surface area contributed by atoms with E-state index >= 15 is 0 Å². The molecule has 2 aromatic heterocycles. The number of fused-ring (bicyclic) bond motifs is 2. The summed E-state index contributed by atoms with van der Waals surface area (Å²) >= 11 is 2.63. The number of anilines is 1. The molecule has 1 amide bonds. The largest absolute Gasteiger partial charge is 0.494 e. The van der Waals surface area contributed by atoms with E-state index in [2.05, 4.69) is 15.3 Å². The Kier molecular flexibility index (Phi) is 8.15. The molecule has 4 aromatic rings. The molecule has 0 fully saturated rings. The summed E-state index contributed by atoms with van der Waals surface area (Å²) < 4.78 is 13.5. The van der Waals surface area contributed by atoms with Crippen molar-refractivity contribution in [3.63, 3.8) is 0 Å². The lowest BCUT2D eigenvalue weighted by Gasteiger charge is -2.13. The van der Waals surface area contributed by atoms with Gasteiger partial charge in [-0.25, -0.2) is 9.97 Å². The van der Waals surface area contributed by atoms with Gasteiger partial charge in [-0.2, -0.15) is 0 Å². The molecule has 10 heteroatoms. The smallest absolute Gasteiger partial charge is 0.262 e. The first-order valence-corrected chi connectivity index (χ1v) is 12.9. The zero-order chi connectivity index (χ0) is 23.9. The highest BCUT2D eigenvalue weighted by atomic mass is 32.2. The molecule has 0 aliphatic heterocycles. The Morgan fingerprint density at radius 2 is 1.97 bits per heavy atom. The number of para-hydroxylation sites is 1. The van der Waals surface area contributed by atoms with Crippen molar-refractivity contribution in [3.05, 3.63) is 52.8 Å². The second-order valence-electron chi connectivity index (χ2n) is 7.34.